The van der Waals surface area contributed by atoms with Crippen molar-refractivity contribution in [2.24, 2.45) is 0 Å². The Morgan fingerprint density at radius 2 is 1.91 bits per heavy atom. The van der Waals surface area contributed by atoms with Gasteiger partial charge in [-0.1, -0.05) is 19.1 Å². The van der Waals surface area contributed by atoms with Crippen molar-refractivity contribution in [2.45, 2.75) is 26.7 Å². The summed E-state index contributed by atoms with van der Waals surface area (Å²) in [7, 11) is 1.29. The SMILES string of the molecule is CCCC(=O)NCCN(C(C)=O)c1ccccc1C(=O)OC. The summed E-state index contributed by atoms with van der Waals surface area (Å²) < 4.78 is 4.73. The molecule has 6 nitrogen and oxygen atoms in total. The number of amides is 2. The van der Waals surface area contributed by atoms with Crippen LogP contribution in [0.15, 0.2) is 24.3 Å². The maximum atomic E-state index is 11.9. The molecular weight excluding hydrogens is 284 g/mol. The lowest BCUT2D eigenvalue weighted by Crippen LogP contribution is -2.38. The van der Waals surface area contributed by atoms with E-state index in [1.165, 1.54) is 18.9 Å². The molecule has 1 aromatic carbocycles. The fraction of sp³-hybridized carbons (Fsp3) is 0.438. The first-order valence-corrected chi connectivity index (χ1v) is 7.23. The first-order chi connectivity index (χ1) is 10.5. The Morgan fingerprint density at radius 3 is 2.50 bits per heavy atom. The predicted octanol–water partition coefficient (Wildman–Crippen LogP) is 1.74. The second-order valence-corrected chi connectivity index (χ2v) is 4.78. The van der Waals surface area contributed by atoms with E-state index < -0.39 is 5.97 Å². The number of para-hydroxylation sites is 1. The third-order valence-corrected chi connectivity index (χ3v) is 3.11. The third kappa shape index (κ3) is 4.87. The van der Waals surface area contributed by atoms with Gasteiger partial charge in [0.1, 0.15) is 0 Å². The molecule has 0 heterocycles. The van der Waals surface area contributed by atoms with Crippen LogP contribution in [0.5, 0.6) is 0 Å². The number of carbonyl (C=O) groups is 3. The molecule has 1 aromatic rings. The van der Waals surface area contributed by atoms with Crippen LogP contribution in [-0.2, 0) is 14.3 Å². The normalized spacial score (nSPS) is 9.95. The number of methoxy groups -OCH3 is 1. The van der Waals surface area contributed by atoms with Gasteiger partial charge in [-0.3, -0.25) is 9.59 Å². The van der Waals surface area contributed by atoms with Crippen LogP contribution in [0, 0.1) is 0 Å². The van der Waals surface area contributed by atoms with E-state index in [1.54, 1.807) is 24.3 Å². The first-order valence-electron chi connectivity index (χ1n) is 7.23. The molecule has 0 bridgehead atoms. The minimum Gasteiger partial charge on any atom is -0.465 e. The zero-order valence-electron chi connectivity index (χ0n) is 13.2. The Kier molecular flexibility index (Phi) is 7.08. The molecule has 0 aromatic heterocycles. The molecule has 0 aliphatic rings. The highest BCUT2D eigenvalue weighted by Crippen LogP contribution is 2.21. The van der Waals surface area contributed by atoms with Crippen LogP contribution in [0.4, 0.5) is 5.69 Å². The number of benzene rings is 1. The van der Waals surface area contributed by atoms with Gasteiger partial charge in [-0.25, -0.2) is 4.79 Å². The average molecular weight is 306 g/mol. The van der Waals surface area contributed by atoms with E-state index in [1.807, 2.05) is 6.92 Å². The Morgan fingerprint density at radius 1 is 1.23 bits per heavy atom. The smallest absolute Gasteiger partial charge is 0.339 e. The molecule has 6 heteroatoms. The number of esters is 1. The number of ether oxygens (including phenoxy) is 1. The van der Waals surface area contributed by atoms with Gasteiger partial charge in [0.15, 0.2) is 0 Å². The largest absolute Gasteiger partial charge is 0.465 e. The molecule has 1 rings (SSSR count). The molecular formula is C16H22N2O4. The van der Waals surface area contributed by atoms with Crippen LogP contribution >= 0.6 is 0 Å². The van der Waals surface area contributed by atoms with Gasteiger partial charge in [0.05, 0.1) is 18.4 Å². The highest BCUT2D eigenvalue weighted by molar-refractivity contribution is 6.01. The van der Waals surface area contributed by atoms with Gasteiger partial charge >= 0.3 is 5.97 Å². The summed E-state index contributed by atoms with van der Waals surface area (Å²) in [6.45, 7) is 3.96. The zero-order chi connectivity index (χ0) is 16.5. The quantitative estimate of drug-likeness (QED) is 0.779. The standard InChI is InChI=1S/C16H22N2O4/c1-4-7-15(20)17-10-11-18(12(2)19)14-9-6-5-8-13(14)16(21)22-3/h5-6,8-9H,4,7,10-11H2,1-3H3,(H,17,20). The van der Waals surface area contributed by atoms with E-state index in [9.17, 15) is 14.4 Å². The van der Waals surface area contributed by atoms with Gasteiger partial charge in [0.2, 0.25) is 11.8 Å². The molecule has 0 aliphatic carbocycles. The molecule has 0 unspecified atom stereocenters. The number of rotatable bonds is 7. The van der Waals surface area contributed by atoms with Crippen molar-refractivity contribution in [2.75, 3.05) is 25.1 Å². The lowest BCUT2D eigenvalue weighted by Gasteiger charge is -2.23. The van der Waals surface area contributed by atoms with E-state index >= 15 is 0 Å². The summed E-state index contributed by atoms with van der Waals surface area (Å²) >= 11 is 0. The van der Waals surface area contributed by atoms with Crippen molar-refractivity contribution in [1.29, 1.82) is 0 Å². The lowest BCUT2D eigenvalue weighted by atomic mass is 10.1. The number of nitrogens with zero attached hydrogens (tertiary/aromatic N) is 1. The molecule has 0 spiro atoms. The summed E-state index contributed by atoms with van der Waals surface area (Å²) in [5.74, 6) is -0.759. The Balaban J connectivity index is 2.86. The predicted molar refractivity (Wildman–Crippen MR) is 83.7 cm³/mol. The number of carbonyl (C=O) groups excluding carboxylic acids is 3. The maximum Gasteiger partial charge on any atom is 0.339 e. The van der Waals surface area contributed by atoms with Crippen molar-refractivity contribution in [1.82, 2.24) is 5.32 Å². The fourth-order valence-corrected chi connectivity index (χ4v) is 2.06. The van der Waals surface area contributed by atoms with E-state index in [-0.39, 0.29) is 11.8 Å². The van der Waals surface area contributed by atoms with Gasteiger partial charge in [0, 0.05) is 26.4 Å². The zero-order valence-corrected chi connectivity index (χ0v) is 13.2. The van der Waals surface area contributed by atoms with Crippen LogP contribution in [0.2, 0.25) is 0 Å². The van der Waals surface area contributed by atoms with Crippen LogP contribution in [-0.4, -0.2) is 38.0 Å². The Bertz CT molecular complexity index is 543. The lowest BCUT2D eigenvalue weighted by molar-refractivity contribution is -0.121. The number of nitrogens with one attached hydrogen (secondary N) is 1. The van der Waals surface area contributed by atoms with E-state index in [2.05, 4.69) is 5.32 Å². The molecule has 120 valence electrons. The number of hydrogen-bond acceptors (Lipinski definition) is 4. The van der Waals surface area contributed by atoms with E-state index in [0.29, 0.717) is 30.8 Å². The Hall–Kier alpha value is -2.37. The molecule has 0 saturated heterocycles. The molecule has 0 aliphatic heterocycles. The highest BCUT2D eigenvalue weighted by Gasteiger charge is 2.19. The molecule has 2 amide bonds. The van der Waals surface area contributed by atoms with Crippen molar-refractivity contribution >= 4 is 23.5 Å². The van der Waals surface area contributed by atoms with Gasteiger partial charge in [-0.2, -0.15) is 0 Å². The summed E-state index contributed by atoms with van der Waals surface area (Å²) in [5, 5.41) is 2.75. The van der Waals surface area contributed by atoms with Crippen LogP contribution in [0.1, 0.15) is 37.0 Å². The van der Waals surface area contributed by atoms with Crippen molar-refractivity contribution in [3.63, 3.8) is 0 Å². The number of anilines is 1. The molecule has 0 atom stereocenters. The summed E-state index contributed by atoms with van der Waals surface area (Å²) in [4.78, 5) is 36.6. The molecule has 1 N–H and O–H groups in total. The minimum absolute atomic E-state index is 0.0488. The minimum atomic E-state index is -0.503. The first kappa shape index (κ1) is 17.7. The van der Waals surface area contributed by atoms with Gasteiger partial charge in [-0.15, -0.1) is 0 Å². The van der Waals surface area contributed by atoms with E-state index in [0.717, 1.165) is 6.42 Å². The average Bonchev–Trinajstić information content (AvgIpc) is 2.51. The summed E-state index contributed by atoms with van der Waals surface area (Å²) in [6.07, 6.45) is 1.23. The monoisotopic (exact) mass is 306 g/mol. The van der Waals surface area contributed by atoms with Gasteiger partial charge < -0.3 is 15.0 Å². The maximum absolute atomic E-state index is 11.9. The highest BCUT2D eigenvalue weighted by atomic mass is 16.5. The summed E-state index contributed by atoms with van der Waals surface area (Å²) in [6, 6.07) is 6.73. The molecule has 0 fully saturated rings. The van der Waals surface area contributed by atoms with Crippen LogP contribution in [0.25, 0.3) is 0 Å². The Labute approximate surface area is 130 Å². The van der Waals surface area contributed by atoms with Crippen molar-refractivity contribution in [3.05, 3.63) is 29.8 Å². The third-order valence-electron chi connectivity index (χ3n) is 3.11. The molecule has 0 radical (unpaired) electrons. The van der Waals surface area contributed by atoms with Gasteiger partial charge in [0.25, 0.3) is 0 Å². The van der Waals surface area contributed by atoms with Crippen molar-refractivity contribution < 1.29 is 19.1 Å². The fourth-order valence-electron chi connectivity index (χ4n) is 2.06. The number of hydrogen-bond donors (Lipinski definition) is 1. The van der Waals surface area contributed by atoms with Crippen molar-refractivity contribution in [3.8, 4) is 0 Å². The van der Waals surface area contributed by atoms with Crippen LogP contribution < -0.4 is 10.2 Å². The van der Waals surface area contributed by atoms with Gasteiger partial charge in [-0.05, 0) is 18.6 Å². The molecule has 22 heavy (non-hydrogen) atoms. The van der Waals surface area contributed by atoms with Crippen LogP contribution in [0.3, 0.4) is 0 Å². The second kappa shape index (κ2) is 8.81. The summed E-state index contributed by atoms with van der Waals surface area (Å²) in [5.41, 5.74) is 0.798. The molecule has 0 saturated carbocycles. The second-order valence-electron chi connectivity index (χ2n) is 4.78. The van der Waals surface area contributed by atoms with E-state index in [4.69, 9.17) is 4.74 Å². The topological polar surface area (TPSA) is 75.7 Å².